The lowest BCUT2D eigenvalue weighted by atomic mass is 10.0. The SMILES string of the molecule is CN1CCN(c2ccc(Cc3ccc(N4CCN(C)CC4)cc3)cc2)CC1. The first kappa shape index (κ1) is 18.3. The van der Waals surface area contributed by atoms with Crippen LogP contribution in [0.25, 0.3) is 0 Å². The van der Waals surface area contributed by atoms with Crippen LogP contribution in [-0.2, 0) is 6.42 Å². The van der Waals surface area contributed by atoms with Gasteiger partial charge in [0.15, 0.2) is 0 Å². The van der Waals surface area contributed by atoms with Crippen molar-refractivity contribution in [1.82, 2.24) is 9.80 Å². The number of benzene rings is 2. The lowest BCUT2D eigenvalue weighted by molar-refractivity contribution is 0.313. The van der Waals surface area contributed by atoms with Gasteiger partial charge in [0.1, 0.15) is 0 Å². The second-order valence-electron chi connectivity index (χ2n) is 8.09. The van der Waals surface area contributed by atoms with Gasteiger partial charge in [-0.15, -0.1) is 0 Å². The van der Waals surface area contributed by atoms with E-state index < -0.39 is 0 Å². The minimum atomic E-state index is 1.01. The zero-order chi connectivity index (χ0) is 18.6. The van der Waals surface area contributed by atoms with Crippen molar-refractivity contribution in [2.75, 3.05) is 76.3 Å². The van der Waals surface area contributed by atoms with E-state index in [9.17, 15) is 0 Å². The second kappa shape index (κ2) is 8.32. The summed E-state index contributed by atoms with van der Waals surface area (Å²) < 4.78 is 0. The third-order valence-corrected chi connectivity index (χ3v) is 6.02. The number of anilines is 2. The van der Waals surface area contributed by atoms with Crippen molar-refractivity contribution in [1.29, 1.82) is 0 Å². The van der Waals surface area contributed by atoms with Crippen LogP contribution in [0.1, 0.15) is 11.1 Å². The molecule has 2 aliphatic heterocycles. The Kier molecular flexibility index (Phi) is 5.65. The molecule has 2 fully saturated rings. The van der Waals surface area contributed by atoms with Crippen LogP contribution in [0.5, 0.6) is 0 Å². The minimum Gasteiger partial charge on any atom is -0.369 e. The minimum absolute atomic E-state index is 1.01. The molecule has 0 radical (unpaired) electrons. The molecule has 0 aliphatic carbocycles. The molecule has 0 aromatic heterocycles. The van der Waals surface area contributed by atoms with Crippen LogP contribution >= 0.6 is 0 Å². The maximum atomic E-state index is 2.49. The van der Waals surface area contributed by atoms with E-state index in [-0.39, 0.29) is 0 Å². The monoisotopic (exact) mass is 364 g/mol. The molecule has 2 heterocycles. The average molecular weight is 365 g/mol. The highest BCUT2D eigenvalue weighted by atomic mass is 15.3. The van der Waals surface area contributed by atoms with Crippen molar-refractivity contribution in [2.45, 2.75) is 6.42 Å². The van der Waals surface area contributed by atoms with Crippen molar-refractivity contribution < 1.29 is 0 Å². The molecule has 2 aromatic carbocycles. The number of nitrogens with zero attached hydrogens (tertiary/aromatic N) is 4. The highest BCUT2D eigenvalue weighted by Gasteiger charge is 2.15. The van der Waals surface area contributed by atoms with Gasteiger partial charge in [-0.3, -0.25) is 0 Å². The van der Waals surface area contributed by atoms with Gasteiger partial charge in [-0.05, 0) is 55.9 Å². The van der Waals surface area contributed by atoms with Gasteiger partial charge in [0.25, 0.3) is 0 Å². The van der Waals surface area contributed by atoms with E-state index in [1.54, 1.807) is 0 Å². The van der Waals surface area contributed by atoms with E-state index >= 15 is 0 Å². The van der Waals surface area contributed by atoms with E-state index in [1.165, 1.54) is 22.5 Å². The summed E-state index contributed by atoms with van der Waals surface area (Å²) in [5.41, 5.74) is 5.50. The molecule has 0 bridgehead atoms. The first-order chi connectivity index (χ1) is 13.2. The van der Waals surface area contributed by atoms with Crippen molar-refractivity contribution in [2.24, 2.45) is 0 Å². The van der Waals surface area contributed by atoms with Crippen LogP contribution in [0, 0.1) is 0 Å². The van der Waals surface area contributed by atoms with Crippen LogP contribution in [0.2, 0.25) is 0 Å². The molecule has 0 saturated carbocycles. The van der Waals surface area contributed by atoms with Crippen molar-refractivity contribution >= 4 is 11.4 Å². The Morgan fingerprint density at radius 3 is 1.19 bits per heavy atom. The fraction of sp³-hybridized carbons (Fsp3) is 0.478. The third kappa shape index (κ3) is 4.63. The molecule has 2 saturated heterocycles. The van der Waals surface area contributed by atoms with Crippen LogP contribution in [-0.4, -0.2) is 76.3 Å². The number of hydrogen-bond donors (Lipinski definition) is 0. The summed E-state index contributed by atoms with van der Waals surface area (Å²) in [4.78, 5) is 9.79. The van der Waals surface area contributed by atoms with Gasteiger partial charge in [0.2, 0.25) is 0 Å². The normalized spacial score (nSPS) is 19.5. The molecule has 0 atom stereocenters. The molecule has 144 valence electrons. The van der Waals surface area contributed by atoms with Crippen molar-refractivity contribution in [3.63, 3.8) is 0 Å². The molecule has 4 nitrogen and oxygen atoms in total. The Hall–Kier alpha value is -2.04. The van der Waals surface area contributed by atoms with Gasteiger partial charge < -0.3 is 19.6 Å². The van der Waals surface area contributed by atoms with Crippen molar-refractivity contribution in [3.05, 3.63) is 59.7 Å². The van der Waals surface area contributed by atoms with Crippen LogP contribution in [0.15, 0.2) is 48.5 Å². The molecule has 2 aliphatic rings. The highest BCUT2D eigenvalue weighted by Crippen LogP contribution is 2.21. The molecule has 0 spiro atoms. The summed E-state index contributed by atoms with van der Waals surface area (Å²) >= 11 is 0. The Morgan fingerprint density at radius 1 is 0.519 bits per heavy atom. The molecular weight excluding hydrogens is 332 g/mol. The summed E-state index contributed by atoms with van der Waals surface area (Å²) in [6.07, 6.45) is 1.01. The summed E-state index contributed by atoms with van der Waals surface area (Å²) in [6, 6.07) is 18.3. The Morgan fingerprint density at radius 2 is 0.852 bits per heavy atom. The smallest absolute Gasteiger partial charge is 0.0367 e. The molecule has 2 aromatic rings. The highest BCUT2D eigenvalue weighted by molar-refractivity contribution is 5.50. The molecule has 4 heteroatoms. The number of rotatable bonds is 4. The largest absolute Gasteiger partial charge is 0.369 e. The van der Waals surface area contributed by atoms with E-state index in [4.69, 9.17) is 0 Å². The van der Waals surface area contributed by atoms with Gasteiger partial charge in [-0.25, -0.2) is 0 Å². The number of likely N-dealkylation sites (N-methyl/N-ethyl adjacent to an activating group) is 2. The van der Waals surface area contributed by atoms with Crippen molar-refractivity contribution in [3.8, 4) is 0 Å². The standard InChI is InChI=1S/C23H32N4/c1-24-11-15-26(16-12-24)22-7-3-20(4-8-22)19-21-5-9-23(10-6-21)27-17-13-25(2)14-18-27/h3-10H,11-19H2,1-2H3. The summed E-state index contributed by atoms with van der Waals surface area (Å²) in [6.45, 7) is 9.13. The van der Waals surface area contributed by atoms with Crippen LogP contribution < -0.4 is 9.80 Å². The summed E-state index contributed by atoms with van der Waals surface area (Å²) in [7, 11) is 4.41. The molecule has 27 heavy (non-hydrogen) atoms. The van der Waals surface area contributed by atoms with E-state index in [1.807, 2.05) is 0 Å². The first-order valence-electron chi connectivity index (χ1n) is 10.2. The first-order valence-corrected chi connectivity index (χ1v) is 10.2. The molecule has 4 rings (SSSR count). The van der Waals surface area contributed by atoms with Gasteiger partial charge in [0, 0.05) is 63.7 Å². The average Bonchev–Trinajstić information content (AvgIpc) is 2.71. The number of hydrogen-bond acceptors (Lipinski definition) is 4. The summed E-state index contributed by atoms with van der Waals surface area (Å²) in [5, 5.41) is 0. The fourth-order valence-corrected chi connectivity index (χ4v) is 4.01. The number of piperazine rings is 2. The molecule has 0 unspecified atom stereocenters. The predicted molar refractivity (Wildman–Crippen MR) is 115 cm³/mol. The van der Waals surface area contributed by atoms with Crippen LogP contribution in [0.4, 0.5) is 11.4 Å². The Balaban J connectivity index is 1.35. The van der Waals surface area contributed by atoms with E-state index in [0.29, 0.717) is 0 Å². The van der Waals surface area contributed by atoms with Gasteiger partial charge in [-0.2, -0.15) is 0 Å². The van der Waals surface area contributed by atoms with Crippen LogP contribution in [0.3, 0.4) is 0 Å². The maximum absolute atomic E-state index is 2.49. The molecule has 0 amide bonds. The van der Waals surface area contributed by atoms with Gasteiger partial charge in [-0.1, -0.05) is 24.3 Å². The van der Waals surface area contributed by atoms with Gasteiger partial charge >= 0.3 is 0 Å². The topological polar surface area (TPSA) is 13.0 Å². The Labute approximate surface area is 164 Å². The fourth-order valence-electron chi connectivity index (χ4n) is 4.01. The maximum Gasteiger partial charge on any atom is 0.0367 e. The molecular formula is C23H32N4. The zero-order valence-electron chi connectivity index (χ0n) is 16.8. The predicted octanol–water partition coefficient (Wildman–Crippen LogP) is 2.78. The second-order valence-corrected chi connectivity index (χ2v) is 8.09. The van der Waals surface area contributed by atoms with E-state index in [0.717, 1.165) is 58.8 Å². The Bertz CT molecular complexity index is 646. The van der Waals surface area contributed by atoms with E-state index in [2.05, 4.69) is 82.2 Å². The quantitative estimate of drug-likeness (QED) is 0.827. The molecule has 0 N–H and O–H groups in total. The zero-order valence-corrected chi connectivity index (χ0v) is 16.8. The van der Waals surface area contributed by atoms with Gasteiger partial charge in [0.05, 0.1) is 0 Å². The lowest BCUT2D eigenvalue weighted by Crippen LogP contribution is -2.44. The summed E-state index contributed by atoms with van der Waals surface area (Å²) in [5.74, 6) is 0. The third-order valence-electron chi connectivity index (χ3n) is 6.02. The lowest BCUT2D eigenvalue weighted by Gasteiger charge is -2.34.